The van der Waals surface area contributed by atoms with E-state index < -0.39 is 10.0 Å². The highest BCUT2D eigenvalue weighted by Crippen LogP contribution is 2.22. The van der Waals surface area contributed by atoms with Crippen LogP contribution >= 0.6 is 11.8 Å². The van der Waals surface area contributed by atoms with Crippen molar-refractivity contribution in [2.45, 2.75) is 23.4 Å². The van der Waals surface area contributed by atoms with E-state index in [-0.39, 0.29) is 16.6 Å². The molecule has 0 fully saturated rings. The molecule has 146 valence electrons. The van der Waals surface area contributed by atoms with E-state index in [1.165, 1.54) is 36.0 Å². The molecule has 0 saturated carbocycles. The van der Waals surface area contributed by atoms with Crippen LogP contribution in [0.15, 0.2) is 64.6 Å². The lowest BCUT2D eigenvalue weighted by Crippen LogP contribution is -2.15. The highest BCUT2D eigenvalue weighted by atomic mass is 32.2. The van der Waals surface area contributed by atoms with Crippen LogP contribution < -0.4 is 10.5 Å². The number of para-hydroxylation sites is 1. The van der Waals surface area contributed by atoms with Crippen molar-refractivity contribution in [1.29, 1.82) is 0 Å². The van der Waals surface area contributed by atoms with Gasteiger partial charge >= 0.3 is 0 Å². The molecule has 0 bridgehead atoms. The molecule has 3 rings (SSSR count). The number of carbonyl (C=O) groups is 1. The summed E-state index contributed by atoms with van der Waals surface area (Å²) in [6.07, 6.45) is 0.713. The average Bonchev–Trinajstić information content (AvgIpc) is 3.10. The summed E-state index contributed by atoms with van der Waals surface area (Å²) in [5.74, 6) is 0.702. The van der Waals surface area contributed by atoms with Gasteiger partial charge in [0.25, 0.3) is 0 Å². The molecular formula is C18H19N5O3S2. The highest BCUT2D eigenvalue weighted by Gasteiger charge is 2.15. The lowest BCUT2D eigenvalue weighted by molar-refractivity contribution is -0.113. The Morgan fingerprint density at radius 3 is 2.39 bits per heavy atom. The number of rotatable bonds is 7. The van der Waals surface area contributed by atoms with Gasteiger partial charge in [0, 0.05) is 17.8 Å². The third-order valence-corrected chi connectivity index (χ3v) is 5.69. The van der Waals surface area contributed by atoms with Crippen molar-refractivity contribution in [1.82, 2.24) is 14.8 Å². The van der Waals surface area contributed by atoms with Crippen LogP contribution in [0.1, 0.15) is 12.7 Å². The summed E-state index contributed by atoms with van der Waals surface area (Å²) in [5, 5.41) is 16.8. The van der Waals surface area contributed by atoms with Crippen LogP contribution in [0.2, 0.25) is 0 Å². The number of aromatic nitrogens is 3. The number of nitrogens with two attached hydrogens (primary N) is 1. The molecule has 1 heterocycles. The monoisotopic (exact) mass is 417 g/mol. The van der Waals surface area contributed by atoms with Gasteiger partial charge in [0.05, 0.1) is 10.6 Å². The van der Waals surface area contributed by atoms with E-state index in [2.05, 4.69) is 15.5 Å². The number of nitrogens with one attached hydrogen (secondary N) is 1. The van der Waals surface area contributed by atoms with Crippen molar-refractivity contribution in [2.24, 2.45) is 5.14 Å². The molecule has 28 heavy (non-hydrogen) atoms. The fourth-order valence-electron chi connectivity index (χ4n) is 2.51. The number of anilines is 1. The zero-order chi connectivity index (χ0) is 20.1. The van der Waals surface area contributed by atoms with E-state index in [4.69, 9.17) is 5.14 Å². The molecule has 3 N–H and O–H groups in total. The Bertz CT molecular complexity index is 1060. The van der Waals surface area contributed by atoms with Gasteiger partial charge in [0.1, 0.15) is 5.82 Å². The van der Waals surface area contributed by atoms with Crippen LogP contribution in [0.3, 0.4) is 0 Å². The highest BCUT2D eigenvalue weighted by molar-refractivity contribution is 7.99. The lowest BCUT2D eigenvalue weighted by Gasteiger charge is -2.09. The second-order valence-corrected chi connectivity index (χ2v) is 8.33. The van der Waals surface area contributed by atoms with Crippen molar-refractivity contribution < 1.29 is 13.2 Å². The van der Waals surface area contributed by atoms with Crippen LogP contribution in [-0.2, 0) is 21.2 Å². The summed E-state index contributed by atoms with van der Waals surface area (Å²) < 4.78 is 24.5. The third-order valence-electron chi connectivity index (χ3n) is 3.83. The summed E-state index contributed by atoms with van der Waals surface area (Å²) >= 11 is 1.27. The number of hydrogen-bond donors (Lipinski definition) is 2. The van der Waals surface area contributed by atoms with E-state index in [9.17, 15) is 13.2 Å². The zero-order valence-electron chi connectivity index (χ0n) is 15.1. The first-order chi connectivity index (χ1) is 13.4. The molecule has 0 radical (unpaired) electrons. The van der Waals surface area contributed by atoms with Crippen LogP contribution in [0.4, 0.5) is 5.69 Å². The Morgan fingerprint density at radius 2 is 1.79 bits per heavy atom. The number of primary sulfonamides is 1. The first-order valence-electron chi connectivity index (χ1n) is 8.43. The number of nitrogens with zero attached hydrogens (tertiary/aromatic N) is 3. The molecule has 2 aromatic carbocycles. The largest absolute Gasteiger partial charge is 0.325 e. The third kappa shape index (κ3) is 4.77. The van der Waals surface area contributed by atoms with Crippen molar-refractivity contribution in [3.8, 4) is 5.69 Å². The Morgan fingerprint density at radius 1 is 1.11 bits per heavy atom. The fraction of sp³-hybridized carbons (Fsp3) is 0.167. The maximum atomic E-state index is 12.3. The first kappa shape index (κ1) is 20.1. The Kier molecular flexibility index (Phi) is 6.12. The number of aryl methyl sites for hydroxylation is 1. The standard InChI is InChI=1S/C18H19N5O3S2/c1-2-16-21-22-18(23(16)14-6-4-3-5-7-14)27-12-17(24)20-13-8-10-15(11-9-13)28(19,25)26/h3-11H,2,12H2,1H3,(H,20,24)(H2,19,25,26). The summed E-state index contributed by atoms with van der Waals surface area (Å²) in [4.78, 5) is 12.2. The Balaban J connectivity index is 1.68. The van der Waals surface area contributed by atoms with Crippen LogP contribution in [0.25, 0.3) is 5.69 Å². The minimum absolute atomic E-state index is 0.0112. The average molecular weight is 418 g/mol. The van der Waals surface area contributed by atoms with Gasteiger partial charge in [0.2, 0.25) is 15.9 Å². The van der Waals surface area contributed by atoms with E-state index in [1.807, 2.05) is 41.8 Å². The van der Waals surface area contributed by atoms with Crippen molar-refractivity contribution in [3.63, 3.8) is 0 Å². The van der Waals surface area contributed by atoms with E-state index in [0.717, 1.165) is 11.5 Å². The normalized spacial score (nSPS) is 11.4. The molecule has 3 aromatic rings. The predicted molar refractivity (Wildman–Crippen MR) is 108 cm³/mol. The predicted octanol–water partition coefficient (Wildman–Crippen LogP) is 2.21. The van der Waals surface area contributed by atoms with Gasteiger partial charge in [0.15, 0.2) is 5.16 Å². The molecule has 0 aliphatic heterocycles. The van der Waals surface area contributed by atoms with Crippen LogP contribution in [-0.4, -0.2) is 34.8 Å². The summed E-state index contributed by atoms with van der Waals surface area (Å²) in [7, 11) is -3.76. The summed E-state index contributed by atoms with van der Waals surface area (Å²) in [6.45, 7) is 2.00. The number of benzene rings is 2. The quantitative estimate of drug-likeness (QED) is 0.569. The molecule has 0 saturated heterocycles. The van der Waals surface area contributed by atoms with Gasteiger partial charge in [-0.15, -0.1) is 10.2 Å². The Labute approximate surface area is 167 Å². The van der Waals surface area contributed by atoms with Crippen LogP contribution in [0, 0.1) is 0 Å². The maximum Gasteiger partial charge on any atom is 0.238 e. The molecule has 0 unspecified atom stereocenters. The van der Waals surface area contributed by atoms with Crippen molar-refractivity contribution in [2.75, 3.05) is 11.1 Å². The molecule has 1 amide bonds. The summed E-state index contributed by atoms with van der Waals surface area (Å²) in [6, 6.07) is 15.4. The van der Waals surface area contributed by atoms with Gasteiger partial charge in [-0.25, -0.2) is 13.6 Å². The van der Waals surface area contributed by atoms with Gasteiger partial charge in [-0.3, -0.25) is 9.36 Å². The fourth-order valence-corrected chi connectivity index (χ4v) is 3.80. The number of sulfonamides is 1. The van der Waals surface area contributed by atoms with E-state index >= 15 is 0 Å². The van der Waals surface area contributed by atoms with E-state index in [0.29, 0.717) is 17.3 Å². The molecule has 10 heteroatoms. The second-order valence-electron chi connectivity index (χ2n) is 5.83. The smallest absolute Gasteiger partial charge is 0.238 e. The summed E-state index contributed by atoms with van der Waals surface area (Å²) in [5.41, 5.74) is 1.42. The minimum atomic E-state index is -3.76. The van der Waals surface area contributed by atoms with Gasteiger partial charge in [-0.05, 0) is 36.4 Å². The Hall–Kier alpha value is -2.69. The molecule has 0 aliphatic rings. The SMILES string of the molecule is CCc1nnc(SCC(=O)Nc2ccc(S(N)(=O)=O)cc2)n1-c1ccccc1. The van der Waals surface area contributed by atoms with Gasteiger partial charge in [-0.1, -0.05) is 36.9 Å². The van der Waals surface area contributed by atoms with Crippen molar-refractivity contribution in [3.05, 3.63) is 60.4 Å². The molecule has 8 nitrogen and oxygen atoms in total. The number of thioether (sulfide) groups is 1. The maximum absolute atomic E-state index is 12.3. The van der Waals surface area contributed by atoms with E-state index in [1.54, 1.807) is 0 Å². The van der Waals surface area contributed by atoms with Gasteiger partial charge < -0.3 is 5.32 Å². The molecule has 0 atom stereocenters. The van der Waals surface area contributed by atoms with Crippen molar-refractivity contribution >= 4 is 33.4 Å². The number of carbonyl (C=O) groups excluding carboxylic acids is 1. The number of amides is 1. The van der Waals surface area contributed by atoms with Gasteiger partial charge in [-0.2, -0.15) is 0 Å². The molecule has 1 aromatic heterocycles. The number of hydrogen-bond acceptors (Lipinski definition) is 6. The zero-order valence-corrected chi connectivity index (χ0v) is 16.7. The lowest BCUT2D eigenvalue weighted by atomic mass is 10.3. The second kappa shape index (κ2) is 8.55. The van der Waals surface area contributed by atoms with Crippen LogP contribution in [0.5, 0.6) is 0 Å². The first-order valence-corrected chi connectivity index (χ1v) is 11.0. The topological polar surface area (TPSA) is 120 Å². The minimum Gasteiger partial charge on any atom is -0.325 e. The molecule has 0 aliphatic carbocycles. The molecular weight excluding hydrogens is 398 g/mol. The molecule has 0 spiro atoms.